The van der Waals surface area contributed by atoms with Crippen molar-refractivity contribution in [3.05, 3.63) is 55.0 Å². The molecule has 4 rings (SSSR count). The highest BCUT2D eigenvalue weighted by Crippen LogP contribution is 2.29. The summed E-state index contributed by atoms with van der Waals surface area (Å²) in [5, 5.41) is 1.13. The summed E-state index contributed by atoms with van der Waals surface area (Å²) in [7, 11) is 0. The Morgan fingerprint density at radius 2 is 1.88 bits per heavy atom. The molecule has 1 aliphatic rings. The fourth-order valence-corrected chi connectivity index (χ4v) is 3.45. The Bertz CT molecular complexity index is 791. The number of hydrogen-bond acceptors (Lipinski definition) is 3. The second-order valence-electron chi connectivity index (χ2n) is 6.36. The lowest BCUT2D eigenvalue weighted by molar-refractivity contribution is 0.111. The highest BCUT2D eigenvalue weighted by molar-refractivity contribution is 5.95. The zero-order valence-corrected chi connectivity index (χ0v) is 13.9. The van der Waals surface area contributed by atoms with E-state index >= 15 is 0 Å². The molecule has 0 spiro atoms. The average Bonchev–Trinajstić information content (AvgIpc) is 3.28. The van der Waals surface area contributed by atoms with E-state index in [9.17, 15) is 0 Å². The minimum absolute atomic E-state index is 0.733. The summed E-state index contributed by atoms with van der Waals surface area (Å²) in [6, 6.07) is 12.4. The maximum absolute atomic E-state index is 6.04. The van der Waals surface area contributed by atoms with E-state index in [0.29, 0.717) is 0 Å². The maximum Gasteiger partial charge on any atom is 0.116 e. The molecule has 4 heteroatoms. The van der Waals surface area contributed by atoms with Crippen LogP contribution in [0.3, 0.4) is 0 Å². The van der Waals surface area contributed by atoms with E-state index in [2.05, 4.69) is 40.3 Å². The molecule has 0 radical (unpaired) electrons. The van der Waals surface area contributed by atoms with Gasteiger partial charge in [0.2, 0.25) is 0 Å². The van der Waals surface area contributed by atoms with E-state index in [1.807, 2.05) is 29.3 Å². The van der Waals surface area contributed by atoms with Crippen LogP contribution >= 0.6 is 0 Å². The smallest absolute Gasteiger partial charge is 0.116 e. The molecule has 0 bridgehead atoms. The van der Waals surface area contributed by atoms with Crippen LogP contribution in [-0.4, -0.2) is 40.9 Å². The van der Waals surface area contributed by atoms with Crippen LogP contribution in [0.2, 0.25) is 0 Å². The number of nitrogens with zero attached hydrogens (tertiary/aromatic N) is 3. The van der Waals surface area contributed by atoms with Crippen LogP contribution in [0.5, 0.6) is 0 Å². The number of hydrogen-bond donors (Lipinski definition) is 0. The molecular formula is C20H23N3O. The Labute approximate surface area is 142 Å². The zero-order valence-electron chi connectivity index (χ0n) is 13.9. The summed E-state index contributed by atoms with van der Waals surface area (Å²) in [5.74, 6) is 0. The molecule has 1 aliphatic heterocycles. The number of pyridine rings is 1. The lowest BCUT2D eigenvalue weighted by Crippen LogP contribution is -2.23. The topological polar surface area (TPSA) is 30.3 Å². The summed E-state index contributed by atoms with van der Waals surface area (Å²) >= 11 is 0. The molecule has 2 aromatic heterocycles. The van der Waals surface area contributed by atoms with Gasteiger partial charge in [0, 0.05) is 29.9 Å². The molecule has 3 heterocycles. The monoisotopic (exact) mass is 321 g/mol. The first-order valence-corrected chi connectivity index (χ1v) is 8.78. The second-order valence-corrected chi connectivity index (χ2v) is 6.36. The van der Waals surface area contributed by atoms with Gasteiger partial charge >= 0.3 is 0 Å². The predicted molar refractivity (Wildman–Crippen MR) is 96.9 cm³/mol. The molecule has 3 aromatic rings. The second kappa shape index (κ2) is 7.05. The summed E-state index contributed by atoms with van der Waals surface area (Å²) < 4.78 is 1.91. The van der Waals surface area contributed by atoms with Crippen LogP contribution in [0.25, 0.3) is 22.0 Å². The molecular weight excluding hydrogens is 298 g/mol. The molecule has 124 valence electrons. The summed E-state index contributed by atoms with van der Waals surface area (Å²) in [4.78, 5) is 12.9. The molecule has 0 N–H and O–H groups in total. The Hall–Kier alpha value is -2.33. The largest absolute Gasteiger partial charge is 0.414 e. The Balaban J connectivity index is 1.50. The van der Waals surface area contributed by atoms with Gasteiger partial charge in [0.15, 0.2) is 0 Å². The zero-order chi connectivity index (χ0) is 16.2. The molecule has 0 unspecified atom stereocenters. The van der Waals surface area contributed by atoms with Crippen LogP contribution in [0.4, 0.5) is 0 Å². The van der Waals surface area contributed by atoms with Gasteiger partial charge in [-0.05, 0) is 44.0 Å². The van der Waals surface area contributed by atoms with Gasteiger partial charge in [0.25, 0.3) is 0 Å². The van der Waals surface area contributed by atoms with Crippen LogP contribution in [-0.2, 0) is 0 Å². The lowest BCUT2D eigenvalue weighted by Gasteiger charge is -2.14. The van der Waals surface area contributed by atoms with Gasteiger partial charge in [-0.1, -0.05) is 30.3 Å². The van der Waals surface area contributed by atoms with E-state index in [-0.39, 0.29) is 0 Å². The number of likely N-dealkylation sites (tertiary alicyclic amines) is 1. The van der Waals surface area contributed by atoms with Crippen molar-refractivity contribution >= 4 is 10.9 Å². The van der Waals surface area contributed by atoms with Gasteiger partial charge in [0.05, 0.1) is 11.7 Å². The molecule has 1 aromatic carbocycles. The number of fused-ring (bicyclic) bond motifs is 1. The van der Waals surface area contributed by atoms with Gasteiger partial charge < -0.3 is 9.74 Å². The van der Waals surface area contributed by atoms with Gasteiger partial charge in [-0.2, -0.15) is 4.73 Å². The van der Waals surface area contributed by atoms with Gasteiger partial charge in [-0.15, -0.1) is 0 Å². The average molecular weight is 321 g/mol. The predicted octanol–water partition coefficient (Wildman–Crippen LogP) is 3.62. The van der Waals surface area contributed by atoms with Crippen molar-refractivity contribution in [1.29, 1.82) is 0 Å². The standard InChI is InChI=1S/C20H23N3O/c1-2-7-17(8-3-1)19-16-23(20-9-10-21-15-18(19)20)24-14-6-13-22-11-4-5-12-22/h1-3,7-10,15-16H,4-6,11-14H2. The third-order valence-electron chi connectivity index (χ3n) is 4.70. The summed E-state index contributed by atoms with van der Waals surface area (Å²) in [6.07, 6.45) is 9.57. The van der Waals surface area contributed by atoms with Crippen molar-refractivity contribution < 1.29 is 4.84 Å². The van der Waals surface area contributed by atoms with E-state index < -0.39 is 0 Å². The van der Waals surface area contributed by atoms with E-state index in [1.165, 1.54) is 37.1 Å². The molecule has 0 atom stereocenters. The Morgan fingerprint density at radius 1 is 1.04 bits per heavy atom. The van der Waals surface area contributed by atoms with Crippen molar-refractivity contribution in [1.82, 2.24) is 14.6 Å². The van der Waals surface area contributed by atoms with Gasteiger partial charge in [-0.3, -0.25) is 4.98 Å². The first kappa shape index (κ1) is 15.2. The van der Waals surface area contributed by atoms with Crippen LogP contribution in [0.1, 0.15) is 19.3 Å². The molecule has 4 nitrogen and oxygen atoms in total. The highest BCUT2D eigenvalue weighted by atomic mass is 16.7. The van der Waals surface area contributed by atoms with E-state index in [4.69, 9.17) is 4.84 Å². The van der Waals surface area contributed by atoms with Crippen molar-refractivity contribution in [2.24, 2.45) is 0 Å². The van der Waals surface area contributed by atoms with Crippen LogP contribution in [0, 0.1) is 0 Å². The van der Waals surface area contributed by atoms with Gasteiger partial charge in [0.1, 0.15) is 6.61 Å². The fraction of sp³-hybridized carbons (Fsp3) is 0.350. The van der Waals surface area contributed by atoms with Crippen LogP contribution < -0.4 is 4.84 Å². The van der Waals surface area contributed by atoms with E-state index in [1.54, 1.807) is 0 Å². The number of aromatic nitrogens is 2. The third kappa shape index (κ3) is 3.15. The first-order valence-electron chi connectivity index (χ1n) is 8.78. The molecule has 0 amide bonds. The SMILES string of the molecule is c1ccc(-c2cn(OCCCN3CCCC3)c3ccncc23)cc1. The van der Waals surface area contributed by atoms with Crippen LogP contribution in [0.15, 0.2) is 55.0 Å². The minimum atomic E-state index is 0.733. The first-order chi connectivity index (χ1) is 11.9. The summed E-state index contributed by atoms with van der Waals surface area (Å²) in [5.41, 5.74) is 3.43. The Kier molecular flexibility index (Phi) is 4.47. The normalized spacial score (nSPS) is 15.2. The van der Waals surface area contributed by atoms with Crippen molar-refractivity contribution in [3.63, 3.8) is 0 Å². The summed E-state index contributed by atoms with van der Waals surface area (Å²) in [6.45, 7) is 4.36. The van der Waals surface area contributed by atoms with Gasteiger partial charge in [-0.25, -0.2) is 0 Å². The molecule has 24 heavy (non-hydrogen) atoms. The minimum Gasteiger partial charge on any atom is -0.414 e. The quantitative estimate of drug-likeness (QED) is 0.650. The highest BCUT2D eigenvalue weighted by Gasteiger charge is 2.12. The lowest BCUT2D eigenvalue weighted by atomic mass is 10.1. The molecule has 0 aliphatic carbocycles. The van der Waals surface area contributed by atoms with E-state index in [0.717, 1.165) is 30.5 Å². The van der Waals surface area contributed by atoms with Crippen molar-refractivity contribution in [3.8, 4) is 11.1 Å². The Morgan fingerprint density at radius 3 is 2.71 bits per heavy atom. The molecule has 1 saturated heterocycles. The number of benzene rings is 1. The fourth-order valence-electron chi connectivity index (χ4n) is 3.45. The van der Waals surface area contributed by atoms with Crippen molar-refractivity contribution in [2.75, 3.05) is 26.2 Å². The number of rotatable bonds is 6. The third-order valence-corrected chi connectivity index (χ3v) is 4.70. The maximum atomic E-state index is 6.04. The molecule has 1 fully saturated rings. The van der Waals surface area contributed by atoms with Crippen molar-refractivity contribution in [2.45, 2.75) is 19.3 Å². The molecule has 0 saturated carbocycles.